The molecule has 0 saturated carbocycles. The highest BCUT2D eigenvalue weighted by atomic mass is 15.2. The van der Waals surface area contributed by atoms with Crippen LogP contribution in [0.4, 0.5) is 0 Å². The van der Waals surface area contributed by atoms with E-state index in [2.05, 4.69) is 26.5 Å². The van der Waals surface area contributed by atoms with Gasteiger partial charge in [0.1, 0.15) is 0 Å². The zero-order chi connectivity index (χ0) is 14.5. The van der Waals surface area contributed by atoms with Gasteiger partial charge in [0.2, 0.25) is 0 Å². The van der Waals surface area contributed by atoms with Crippen molar-refractivity contribution >= 4 is 5.65 Å². The highest BCUT2D eigenvalue weighted by molar-refractivity contribution is 5.38. The van der Waals surface area contributed by atoms with E-state index in [-0.39, 0.29) is 0 Å². The number of likely N-dealkylation sites (tertiary alicyclic amines) is 1. The van der Waals surface area contributed by atoms with Crippen molar-refractivity contribution in [1.82, 2.24) is 24.8 Å². The number of aryl methyl sites for hydroxylation is 1. The molecule has 5 nitrogen and oxygen atoms in total. The first-order valence-electron chi connectivity index (χ1n) is 8.05. The maximum Gasteiger partial charge on any atom is 0.155 e. The van der Waals surface area contributed by atoms with Crippen molar-refractivity contribution in [2.45, 2.75) is 39.2 Å². The molecule has 2 aromatic heterocycles. The zero-order valence-electron chi connectivity index (χ0n) is 12.9. The van der Waals surface area contributed by atoms with Gasteiger partial charge in [0.15, 0.2) is 5.65 Å². The summed E-state index contributed by atoms with van der Waals surface area (Å²) in [6.45, 7) is 7.73. The maximum absolute atomic E-state index is 4.43. The highest BCUT2D eigenvalue weighted by Crippen LogP contribution is 2.08. The SMILES string of the molecule is Cc1cc2ncc(CNCCCN3CCCCC3)cn2n1. The lowest BCUT2D eigenvalue weighted by atomic mass is 10.1. The van der Waals surface area contributed by atoms with Gasteiger partial charge in [0.05, 0.1) is 5.69 Å². The van der Waals surface area contributed by atoms with Crippen molar-refractivity contribution in [1.29, 1.82) is 0 Å². The number of hydrogen-bond donors (Lipinski definition) is 1. The molecule has 2 aromatic rings. The lowest BCUT2D eigenvalue weighted by Crippen LogP contribution is -2.32. The Kier molecular flexibility index (Phi) is 4.83. The van der Waals surface area contributed by atoms with Gasteiger partial charge in [-0.3, -0.25) is 0 Å². The smallest absolute Gasteiger partial charge is 0.155 e. The van der Waals surface area contributed by atoms with Gasteiger partial charge in [-0.1, -0.05) is 6.42 Å². The molecular formula is C16H25N5. The average molecular weight is 287 g/mol. The Bertz CT molecular complexity index is 571. The van der Waals surface area contributed by atoms with Gasteiger partial charge >= 0.3 is 0 Å². The van der Waals surface area contributed by atoms with E-state index in [1.807, 2.05) is 23.7 Å². The van der Waals surface area contributed by atoms with Gasteiger partial charge in [-0.25, -0.2) is 9.50 Å². The van der Waals surface area contributed by atoms with Gasteiger partial charge < -0.3 is 10.2 Å². The minimum atomic E-state index is 0.863. The molecule has 1 N–H and O–H groups in total. The minimum Gasteiger partial charge on any atom is -0.313 e. The predicted octanol–water partition coefficient (Wildman–Crippen LogP) is 2.00. The largest absolute Gasteiger partial charge is 0.313 e. The topological polar surface area (TPSA) is 45.5 Å². The summed E-state index contributed by atoms with van der Waals surface area (Å²) in [7, 11) is 0. The summed E-state index contributed by atoms with van der Waals surface area (Å²) < 4.78 is 1.86. The summed E-state index contributed by atoms with van der Waals surface area (Å²) in [6, 6.07) is 2.00. The van der Waals surface area contributed by atoms with Crippen LogP contribution in [0, 0.1) is 6.92 Å². The number of piperidine rings is 1. The van der Waals surface area contributed by atoms with Crippen LogP contribution >= 0.6 is 0 Å². The third kappa shape index (κ3) is 4.02. The van der Waals surface area contributed by atoms with Crippen LogP contribution in [0.3, 0.4) is 0 Å². The second-order valence-corrected chi connectivity index (χ2v) is 5.98. The molecule has 3 rings (SSSR count). The standard InChI is InChI=1S/C16H25N5/c1-14-10-16-18-12-15(13-21(16)19-14)11-17-6-5-9-20-7-3-2-4-8-20/h10,12-13,17H,2-9,11H2,1H3. The molecule has 1 aliphatic rings. The summed E-state index contributed by atoms with van der Waals surface area (Å²) >= 11 is 0. The molecule has 0 unspecified atom stereocenters. The molecule has 3 heterocycles. The molecule has 0 atom stereocenters. The van der Waals surface area contributed by atoms with Crippen LogP contribution < -0.4 is 5.32 Å². The van der Waals surface area contributed by atoms with Crippen LogP contribution in [-0.4, -0.2) is 45.7 Å². The molecule has 0 spiro atoms. The molecule has 1 saturated heterocycles. The number of hydrogen-bond acceptors (Lipinski definition) is 4. The average Bonchev–Trinajstić information content (AvgIpc) is 2.87. The van der Waals surface area contributed by atoms with Gasteiger partial charge in [0.25, 0.3) is 0 Å². The van der Waals surface area contributed by atoms with E-state index >= 15 is 0 Å². The molecule has 0 aromatic carbocycles. The molecule has 1 aliphatic heterocycles. The Balaban J connectivity index is 1.39. The summed E-state index contributed by atoms with van der Waals surface area (Å²) in [5, 5.41) is 7.90. The number of aromatic nitrogens is 3. The summed E-state index contributed by atoms with van der Waals surface area (Å²) in [4.78, 5) is 7.02. The maximum atomic E-state index is 4.43. The van der Waals surface area contributed by atoms with Gasteiger partial charge in [0, 0.05) is 30.6 Å². The Morgan fingerprint density at radius 1 is 1.24 bits per heavy atom. The molecule has 5 heteroatoms. The third-order valence-electron chi connectivity index (χ3n) is 4.09. The fraction of sp³-hybridized carbons (Fsp3) is 0.625. The first-order valence-corrected chi connectivity index (χ1v) is 8.05. The van der Waals surface area contributed by atoms with E-state index in [4.69, 9.17) is 0 Å². The lowest BCUT2D eigenvalue weighted by molar-refractivity contribution is 0.225. The first-order chi connectivity index (χ1) is 10.3. The van der Waals surface area contributed by atoms with Crippen LogP contribution in [0.2, 0.25) is 0 Å². The fourth-order valence-electron chi connectivity index (χ4n) is 2.97. The van der Waals surface area contributed by atoms with E-state index in [0.717, 1.165) is 24.4 Å². The zero-order valence-corrected chi connectivity index (χ0v) is 12.9. The molecule has 0 radical (unpaired) electrons. The van der Waals surface area contributed by atoms with E-state index in [0.29, 0.717) is 0 Å². The van der Waals surface area contributed by atoms with Gasteiger partial charge in [-0.2, -0.15) is 5.10 Å². The quantitative estimate of drug-likeness (QED) is 0.826. The van der Waals surface area contributed by atoms with Crippen LogP contribution in [0.15, 0.2) is 18.5 Å². The van der Waals surface area contributed by atoms with Crippen LogP contribution in [0.1, 0.15) is 36.9 Å². The molecule has 1 fully saturated rings. The lowest BCUT2D eigenvalue weighted by Gasteiger charge is -2.26. The van der Waals surface area contributed by atoms with E-state index in [1.165, 1.54) is 50.9 Å². The normalized spacial score (nSPS) is 16.6. The Morgan fingerprint density at radius 3 is 2.95 bits per heavy atom. The summed E-state index contributed by atoms with van der Waals surface area (Å²) in [5.74, 6) is 0. The van der Waals surface area contributed by atoms with Crippen molar-refractivity contribution in [3.63, 3.8) is 0 Å². The highest BCUT2D eigenvalue weighted by Gasteiger charge is 2.08. The summed E-state index contributed by atoms with van der Waals surface area (Å²) in [5.41, 5.74) is 3.11. The van der Waals surface area contributed by atoms with Crippen LogP contribution in [0.25, 0.3) is 5.65 Å². The fourth-order valence-corrected chi connectivity index (χ4v) is 2.97. The minimum absolute atomic E-state index is 0.863. The second-order valence-electron chi connectivity index (χ2n) is 5.98. The van der Waals surface area contributed by atoms with E-state index < -0.39 is 0 Å². The molecule has 0 bridgehead atoms. The van der Waals surface area contributed by atoms with Gasteiger partial charge in [-0.15, -0.1) is 0 Å². The van der Waals surface area contributed by atoms with Crippen molar-refractivity contribution in [2.24, 2.45) is 0 Å². The van der Waals surface area contributed by atoms with Crippen molar-refractivity contribution in [3.8, 4) is 0 Å². The number of nitrogens with one attached hydrogen (secondary N) is 1. The van der Waals surface area contributed by atoms with Crippen molar-refractivity contribution in [3.05, 3.63) is 29.7 Å². The molecular weight excluding hydrogens is 262 g/mol. The second kappa shape index (κ2) is 7.00. The molecule has 21 heavy (non-hydrogen) atoms. The number of fused-ring (bicyclic) bond motifs is 1. The Morgan fingerprint density at radius 2 is 2.10 bits per heavy atom. The Hall–Kier alpha value is -1.46. The van der Waals surface area contributed by atoms with Crippen molar-refractivity contribution < 1.29 is 0 Å². The van der Waals surface area contributed by atoms with E-state index in [1.54, 1.807) is 0 Å². The van der Waals surface area contributed by atoms with Crippen molar-refractivity contribution in [2.75, 3.05) is 26.2 Å². The predicted molar refractivity (Wildman–Crippen MR) is 84.3 cm³/mol. The first kappa shape index (κ1) is 14.5. The summed E-state index contributed by atoms with van der Waals surface area (Å²) in [6.07, 6.45) is 9.39. The molecule has 0 amide bonds. The van der Waals surface area contributed by atoms with Crippen LogP contribution in [-0.2, 0) is 6.54 Å². The van der Waals surface area contributed by atoms with Crippen LogP contribution in [0.5, 0.6) is 0 Å². The van der Waals surface area contributed by atoms with Gasteiger partial charge in [-0.05, 0) is 52.4 Å². The number of rotatable bonds is 6. The molecule has 114 valence electrons. The van der Waals surface area contributed by atoms with E-state index in [9.17, 15) is 0 Å². The Labute approximate surface area is 126 Å². The number of nitrogens with zero attached hydrogens (tertiary/aromatic N) is 4. The monoisotopic (exact) mass is 287 g/mol. The third-order valence-corrected chi connectivity index (χ3v) is 4.09. The molecule has 0 aliphatic carbocycles.